The van der Waals surface area contributed by atoms with E-state index in [1.165, 1.54) is 24.9 Å². The van der Waals surface area contributed by atoms with Gasteiger partial charge in [0, 0.05) is 36.4 Å². The fraction of sp³-hybridized carbons (Fsp3) is 0.182. The highest BCUT2D eigenvalue weighted by atomic mass is 32.2. The van der Waals surface area contributed by atoms with Crippen LogP contribution in [0.15, 0.2) is 89.1 Å². The normalized spacial score (nSPS) is 12.9. The molecule has 4 heterocycles. The molecule has 1 amide bonds. The second-order valence-electron chi connectivity index (χ2n) is 10.8. The van der Waals surface area contributed by atoms with E-state index >= 15 is 0 Å². The first-order valence-corrected chi connectivity index (χ1v) is 15.9. The Morgan fingerprint density at radius 1 is 1.02 bits per heavy atom. The Morgan fingerprint density at radius 2 is 1.76 bits per heavy atom. The number of benzene rings is 2. The highest BCUT2D eigenvalue weighted by Crippen LogP contribution is 2.25. The van der Waals surface area contributed by atoms with Crippen molar-refractivity contribution in [2.75, 3.05) is 0 Å². The first-order chi connectivity index (χ1) is 22.0. The number of rotatable bonds is 6. The maximum atomic E-state index is 14.4. The number of carbonyl (C=O) groups is 1. The van der Waals surface area contributed by atoms with Crippen molar-refractivity contribution in [3.8, 4) is 17.5 Å². The maximum absolute atomic E-state index is 14.4. The number of fused-ring (bicyclic) bond motifs is 2. The third-order valence-corrected chi connectivity index (χ3v) is 9.66. The van der Waals surface area contributed by atoms with Gasteiger partial charge in [0.1, 0.15) is 10.9 Å². The molecular formula is C33H30N8O4S. The lowest BCUT2D eigenvalue weighted by atomic mass is 10.0. The molecule has 3 N–H and O–H groups in total. The molecule has 0 spiro atoms. The van der Waals surface area contributed by atoms with Crippen LogP contribution in [0.2, 0.25) is 0 Å². The molecule has 46 heavy (non-hydrogen) atoms. The second kappa shape index (κ2) is 11.7. The fourth-order valence-electron chi connectivity index (χ4n) is 5.41. The first-order valence-electron chi connectivity index (χ1n) is 14.4. The topological polar surface area (TPSA) is 159 Å². The van der Waals surface area contributed by atoms with Crippen LogP contribution in [-0.4, -0.2) is 48.6 Å². The molecule has 0 aliphatic heterocycles. The fourth-order valence-corrected chi connectivity index (χ4v) is 6.59. The summed E-state index contributed by atoms with van der Waals surface area (Å²) in [6.07, 6.45) is 4.68. The number of aromatic nitrogens is 6. The Labute approximate surface area is 264 Å². The van der Waals surface area contributed by atoms with Crippen molar-refractivity contribution in [3.63, 3.8) is 0 Å². The van der Waals surface area contributed by atoms with Crippen LogP contribution in [0.5, 0.6) is 0 Å². The van der Waals surface area contributed by atoms with Gasteiger partial charge < -0.3 is 11.1 Å². The molecule has 2 atom stereocenters. The molecule has 6 rings (SSSR count). The summed E-state index contributed by atoms with van der Waals surface area (Å²) in [5.74, 6) is 5.53. The molecule has 0 fully saturated rings. The highest BCUT2D eigenvalue weighted by molar-refractivity contribution is 7.92. The maximum Gasteiger partial charge on any atom is 0.264 e. The molecule has 1 unspecified atom stereocenters. The van der Waals surface area contributed by atoms with Gasteiger partial charge in [-0.1, -0.05) is 42.2 Å². The Bertz CT molecular complexity index is 2380. The van der Waals surface area contributed by atoms with Gasteiger partial charge in [-0.05, 0) is 56.5 Å². The minimum absolute atomic E-state index is 0.0968. The summed E-state index contributed by atoms with van der Waals surface area (Å²) in [5, 5.41) is 11.2. The molecule has 6 aromatic rings. The van der Waals surface area contributed by atoms with Crippen LogP contribution in [0.4, 0.5) is 0 Å². The van der Waals surface area contributed by atoms with Crippen molar-refractivity contribution >= 4 is 32.2 Å². The van der Waals surface area contributed by atoms with Gasteiger partial charge in [-0.15, -0.1) is 0 Å². The Kier molecular flexibility index (Phi) is 7.77. The quantitative estimate of drug-likeness (QED) is 0.265. The molecule has 4 aromatic heterocycles. The number of nitrogens with one attached hydrogen (secondary N) is 1. The molecule has 0 bridgehead atoms. The standard InChI is InChI=1S/C33H30N8O4S/c1-20(37-31(42)28-21(2)38-40-17-9-16-35-30(28)40)27-18-24-11-8-10-23(29(24)32(43)41(27)26-12-6-5-7-13-26)14-15-25-19-36-39(4)33(25)46(44,45)22(3)34/h5-13,16-20,22H,34H2,1-4H3,(H,37,42)/t20-,22?/m0/s1. The Hall–Kier alpha value is -5.58. The first kappa shape index (κ1) is 30.4. The number of para-hydroxylation sites is 1. The second-order valence-corrected chi connectivity index (χ2v) is 13.1. The van der Waals surface area contributed by atoms with Crippen molar-refractivity contribution in [2.24, 2.45) is 12.8 Å². The van der Waals surface area contributed by atoms with E-state index < -0.39 is 21.3 Å². The number of carbonyl (C=O) groups excluding carboxylic acids is 1. The number of nitrogens with zero attached hydrogens (tertiary/aromatic N) is 6. The minimum Gasteiger partial charge on any atom is -0.344 e. The molecule has 0 saturated heterocycles. The van der Waals surface area contributed by atoms with Crippen molar-refractivity contribution in [1.29, 1.82) is 0 Å². The van der Waals surface area contributed by atoms with Gasteiger partial charge in [-0.25, -0.2) is 17.9 Å². The average Bonchev–Trinajstić information content (AvgIpc) is 3.58. The third-order valence-electron chi connectivity index (χ3n) is 7.65. The average molecular weight is 635 g/mol. The molecule has 232 valence electrons. The predicted octanol–water partition coefficient (Wildman–Crippen LogP) is 3.04. The Morgan fingerprint density at radius 3 is 2.50 bits per heavy atom. The van der Waals surface area contributed by atoms with Crippen LogP contribution in [0, 0.1) is 18.8 Å². The highest BCUT2D eigenvalue weighted by Gasteiger charge is 2.27. The zero-order valence-corrected chi connectivity index (χ0v) is 26.3. The summed E-state index contributed by atoms with van der Waals surface area (Å²) in [4.78, 5) is 32.3. The summed E-state index contributed by atoms with van der Waals surface area (Å²) in [6, 6.07) is 17.3. The van der Waals surface area contributed by atoms with Crippen LogP contribution in [0.1, 0.15) is 52.8 Å². The molecule has 0 aliphatic carbocycles. The van der Waals surface area contributed by atoms with Crippen LogP contribution >= 0.6 is 0 Å². The molecule has 0 radical (unpaired) electrons. The predicted molar refractivity (Wildman–Crippen MR) is 173 cm³/mol. The van der Waals surface area contributed by atoms with Crippen LogP contribution in [-0.2, 0) is 16.9 Å². The lowest BCUT2D eigenvalue weighted by molar-refractivity contribution is 0.0939. The van der Waals surface area contributed by atoms with Gasteiger partial charge in [0.05, 0.1) is 28.9 Å². The number of hydrogen-bond donors (Lipinski definition) is 2. The van der Waals surface area contributed by atoms with Crippen LogP contribution in [0.25, 0.3) is 22.1 Å². The summed E-state index contributed by atoms with van der Waals surface area (Å²) in [7, 11) is -2.38. The van der Waals surface area contributed by atoms with E-state index in [4.69, 9.17) is 5.73 Å². The summed E-state index contributed by atoms with van der Waals surface area (Å²) >= 11 is 0. The molecule has 2 aromatic carbocycles. The van der Waals surface area contributed by atoms with E-state index in [2.05, 4.69) is 32.3 Å². The lowest BCUT2D eigenvalue weighted by Crippen LogP contribution is -2.32. The van der Waals surface area contributed by atoms with E-state index in [0.717, 1.165) is 0 Å². The Balaban J connectivity index is 1.48. The summed E-state index contributed by atoms with van der Waals surface area (Å²) < 4.78 is 30.1. The largest absolute Gasteiger partial charge is 0.344 e. The van der Waals surface area contributed by atoms with Gasteiger partial charge in [0.15, 0.2) is 10.7 Å². The van der Waals surface area contributed by atoms with Crippen molar-refractivity contribution in [3.05, 3.63) is 118 Å². The molecule has 0 aliphatic rings. The number of amides is 1. The zero-order chi connectivity index (χ0) is 32.7. The monoisotopic (exact) mass is 634 g/mol. The van der Waals surface area contributed by atoms with Crippen molar-refractivity contribution < 1.29 is 13.2 Å². The summed E-state index contributed by atoms with van der Waals surface area (Å²) in [6.45, 7) is 4.93. The molecule has 0 saturated carbocycles. The van der Waals surface area contributed by atoms with Crippen molar-refractivity contribution in [2.45, 2.75) is 37.2 Å². The van der Waals surface area contributed by atoms with Crippen LogP contribution in [0.3, 0.4) is 0 Å². The number of sulfone groups is 1. The van der Waals surface area contributed by atoms with E-state index in [-0.39, 0.29) is 22.1 Å². The van der Waals surface area contributed by atoms with E-state index in [0.29, 0.717) is 44.6 Å². The van der Waals surface area contributed by atoms with Gasteiger partial charge in [-0.3, -0.25) is 18.8 Å². The van der Waals surface area contributed by atoms with Crippen molar-refractivity contribution in [1.82, 2.24) is 34.3 Å². The third kappa shape index (κ3) is 5.23. The van der Waals surface area contributed by atoms with E-state index in [1.54, 1.807) is 71.7 Å². The molecular weight excluding hydrogens is 604 g/mol. The van der Waals surface area contributed by atoms with Gasteiger partial charge in [0.2, 0.25) is 9.84 Å². The van der Waals surface area contributed by atoms with Crippen LogP contribution < -0.4 is 16.6 Å². The SMILES string of the molecule is Cc1nn2cccnc2c1C(=O)N[C@@H](C)c1cc2cccc(C#Cc3cnn(C)c3S(=O)(=O)C(C)N)c2c(=O)n1-c1ccccc1. The van der Waals surface area contributed by atoms with E-state index in [1.807, 2.05) is 24.3 Å². The number of nitrogens with two attached hydrogens (primary N) is 1. The van der Waals surface area contributed by atoms with E-state index in [9.17, 15) is 18.0 Å². The van der Waals surface area contributed by atoms with Gasteiger partial charge in [-0.2, -0.15) is 10.2 Å². The smallest absolute Gasteiger partial charge is 0.264 e. The molecule has 12 nitrogen and oxygen atoms in total. The van der Waals surface area contributed by atoms with Gasteiger partial charge >= 0.3 is 0 Å². The summed E-state index contributed by atoms with van der Waals surface area (Å²) in [5.41, 5.74) is 8.40. The number of hydrogen-bond acceptors (Lipinski definition) is 8. The zero-order valence-electron chi connectivity index (χ0n) is 25.5. The lowest BCUT2D eigenvalue weighted by Gasteiger charge is -2.21. The molecule has 13 heteroatoms. The number of aryl methyl sites for hydroxylation is 2. The number of pyridine rings is 1. The minimum atomic E-state index is -3.88. The van der Waals surface area contributed by atoms with Gasteiger partial charge in [0.25, 0.3) is 11.5 Å².